The summed E-state index contributed by atoms with van der Waals surface area (Å²) < 4.78 is 0. The van der Waals surface area contributed by atoms with E-state index in [1.54, 1.807) is 0 Å². The van der Waals surface area contributed by atoms with Crippen LogP contribution in [0.1, 0.15) is 24.0 Å². The lowest BCUT2D eigenvalue weighted by Crippen LogP contribution is -2.50. The summed E-state index contributed by atoms with van der Waals surface area (Å²) in [6.45, 7) is 0.344. The molecule has 2 aromatic carbocycles. The largest absolute Gasteiger partial charge is 0.353 e. The Morgan fingerprint density at radius 2 is 1.50 bits per heavy atom. The first-order chi connectivity index (χ1) is 13.6. The number of nitrogens with two attached hydrogens (primary N) is 1. The Balaban J connectivity index is 1.92. The van der Waals surface area contributed by atoms with E-state index >= 15 is 0 Å². The van der Waals surface area contributed by atoms with Crippen molar-refractivity contribution in [1.82, 2.24) is 10.6 Å². The molecule has 0 saturated carbocycles. The minimum Gasteiger partial charge on any atom is -0.353 e. The summed E-state index contributed by atoms with van der Waals surface area (Å²) in [6, 6.07) is 18.7. The topological polar surface area (TPSA) is 84.2 Å². The number of nitrogens with one attached hydrogen (secondary N) is 2. The highest BCUT2D eigenvalue weighted by Gasteiger charge is 2.21. The molecule has 0 aliphatic carbocycles. The summed E-state index contributed by atoms with van der Waals surface area (Å²) in [5.74, 6) is 0.00835. The molecule has 0 saturated heterocycles. The van der Waals surface area contributed by atoms with Gasteiger partial charge in [-0.3, -0.25) is 9.59 Å². The predicted molar refractivity (Wildman–Crippen MR) is 113 cm³/mol. The van der Waals surface area contributed by atoms with Crippen molar-refractivity contribution in [3.63, 3.8) is 0 Å². The number of carbonyl (C=O) groups excluding carboxylic acids is 2. The third-order valence-corrected chi connectivity index (χ3v) is 4.62. The molecule has 0 heterocycles. The number of benzene rings is 2. The minimum absolute atomic E-state index is 0.176. The third-order valence-electron chi connectivity index (χ3n) is 4.35. The summed E-state index contributed by atoms with van der Waals surface area (Å²) in [6.07, 6.45) is 1.98. The van der Waals surface area contributed by atoms with Crippen LogP contribution in [0.5, 0.6) is 0 Å². The van der Waals surface area contributed by atoms with Gasteiger partial charge in [-0.1, -0.05) is 60.7 Å². The zero-order valence-electron chi connectivity index (χ0n) is 15.9. The first-order valence-electron chi connectivity index (χ1n) is 9.55. The van der Waals surface area contributed by atoms with E-state index in [2.05, 4.69) is 10.6 Å². The highest BCUT2D eigenvalue weighted by Crippen LogP contribution is 2.05. The molecule has 150 valence electrons. The third kappa shape index (κ3) is 8.11. The standard InChI is InChI=1S/C22H28ClN3O2/c23-13-7-12-21(27)26-20(15-18-10-5-2-6-11-18)22(28)25-16-19(24)14-17-8-3-1-4-9-17/h1-6,8-11,19-20H,7,12-16,24H2,(H,25,28)(H,26,27)/t19-,20+/m1/s1. The van der Waals surface area contributed by atoms with Gasteiger partial charge >= 0.3 is 0 Å². The molecular weight excluding hydrogens is 374 g/mol. The molecule has 2 rings (SSSR count). The van der Waals surface area contributed by atoms with Crippen molar-refractivity contribution < 1.29 is 9.59 Å². The smallest absolute Gasteiger partial charge is 0.242 e. The van der Waals surface area contributed by atoms with E-state index in [0.29, 0.717) is 38.1 Å². The summed E-state index contributed by atoms with van der Waals surface area (Å²) in [5.41, 5.74) is 8.26. The van der Waals surface area contributed by atoms with E-state index in [1.165, 1.54) is 0 Å². The average Bonchev–Trinajstić information content (AvgIpc) is 2.71. The number of hydrogen-bond acceptors (Lipinski definition) is 3. The molecule has 0 aliphatic heterocycles. The van der Waals surface area contributed by atoms with Crippen molar-refractivity contribution in [2.24, 2.45) is 5.73 Å². The molecule has 2 aromatic rings. The molecule has 0 unspecified atom stereocenters. The Bertz CT molecular complexity index is 725. The minimum atomic E-state index is -0.644. The zero-order chi connectivity index (χ0) is 20.2. The molecule has 5 nitrogen and oxygen atoms in total. The number of alkyl halides is 1. The monoisotopic (exact) mass is 401 g/mol. The van der Waals surface area contributed by atoms with Crippen molar-refractivity contribution in [3.05, 3.63) is 71.8 Å². The maximum Gasteiger partial charge on any atom is 0.242 e. The van der Waals surface area contributed by atoms with Gasteiger partial charge in [0.2, 0.25) is 11.8 Å². The van der Waals surface area contributed by atoms with Crippen LogP contribution in [0.4, 0.5) is 0 Å². The van der Waals surface area contributed by atoms with Crippen molar-refractivity contribution in [1.29, 1.82) is 0 Å². The van der Waals surface area contributed by atoms with Crippen LogP contribution in [0, 0.1) is 0 Å². The lowest BCUT2D eigenvalue weighted by atomic mass is 10.0. The van der Waals surface area contributed by atoms with Gasteiger partial charge in [-0.05, 0) is 24.0 Å². The van der Waals surface area contributed by atoms with E-state index in [1.807, 2.05) is 60.7 Å². The second-order valence-electron chi connectivity index (χ2n) is 6.80. The molecular formula is C22H28ClN3O2. The van der Waals surface area contributed by atoms with Gasteiger partial charge in [0, 0.05) is 31.3 Å². The van der Waals surface area contributed by atoms with Gasteiger partial charge < -0.3 is 16.4 Å². The summed E-state index contributed by atoms with van der Waals surface area (Å²) in [7, 11) is 0. The Labute approximate surface area is 171 Å². The summed E-state index contributed by atoms with van der Waals surface area (Å²) >= 11 is 5.65. The van der Waals surface area contributed by atoms with Crippen LogP contribution in [0.2, 0.25) is 0 Å². The maximum absolute atomic E-state index is 12.7. The Kier molecular flexibility index (Phi) is 9.52. The van der Waals surface area contributed by atoms with Crippen LogP contribution in [-0.2, 0) is 22.4 Å². The predicted octanol–water partition coefficient (Wildman–Crippen LogP) is 2.42. The van der Waals surface area contributed by atoms with Crippen molar-refractivity contribution >= 4 is 23.4 Å². The second-order valence-corrected chi connectivity index (χ2v) is 7.18. The van der Waals surface area contributed by atoms with Gasteiger partial charge in [0.1, 0.15) is 6.04 Å². The Morgan fingerprint density at radius 3 is 2.07 bits per heavy atom. The lowest BCUT2D eigenvalue weighted by Gasteiger charge is -2.20. The molecule has 2 amide bonds. The summed E-state index contributed by atoms with van der Waals surface area (Å²) in [4.78, 5) is 24.8. The number of rotatable bonds is 11. The van der Waals surface area contributed by atoms with Gasteiger partial charge in [0.25, 0.3) is 0 Å². The second kappa shape index (κ2) is 12.2. The molecule has 0 radical (unpaired) electrons. The zero-order valence-corrected chi connectivity index (χ0v) is 16.7. The average molecular weight is 402 g/mol. The van der Waals surface area contributed by atoms with E-state index in [4.69, 9.17) is 17.3 Å². The van der Waals surface area contributed by atoms with Gasteiger partial charge in [0.15, 0.2) is 0 Å². The molecule has 0 bridgehead atoms. The highest BCUT2D eigenvalue weighted by molar-refractivity contribution is 6.17. The van der Waals surface area contributed by atoms with Gasteiger partial charge in [-0.15, -0.1) is 11.6 Å². The molecule has 0 aromatic heterocycles. The molecule has 4 N–H and O–H groups in total. The normalized spacial score (nSPS) is 12.8. The van der Waals surface area contributed by atoms with Crippen LogP contribution in [0.3, 0.4) is 0 Å². The fourth-order valence-electron chi connectivity index (χ4n) is 2.90. The molecule has 0 spiro atoms. The highest BCUT2D eigenvalue weighted by atomic mass is 35.5. The number of hydrogen-bond donors (Lipinski definition) is 3. The van der Waals surface area contributed by atoms with E-state index < -0.39 is 6.04 Å². The van der Waals surface area contributed by atoms with Crippen molar-refractivity contribution in [2.45, 2.75) is 37.8 Å². The Morgan fingerprint density at radius 1 is 0.929 bits per heavy atom. The quantitative estimate of drug-likeness (QED) is 0.505. The van der Waals surface area contributed by atoms with Gasteiger partial charge in [-0.2, -0.15) is 0 Å². The van der Waals surface area contributed by atoms with E-state index in [9.17, 15) is 9.59 Å². The SMILES string of the molecule is N[C@@H](CNC(=O)[C@H](Cc1ccccc1)NC(=O)CCCCl)Cc1ccccc1. The molecule has 28 heavy (non-hydrogen) atoms. The maximum atomic E-state index is 12.7. The lowest BCUT2D eigenvalue weighted by molar-refractivity contribution is -0.129. The Hall–Kier alpha value is -2.37. The van der Waals surface area contributed by atoms with Crippen LogP contribution >= 0.6 is 11.6 Å². The van der Waals surface area contributed by atoms with Crippen LogP contribution in [0.25, 0.3) is 0 Å². The van der Waals surface area contributed by atoms with Crippen molar-refractivity contribution in [3.8, 4) is 0 Å². The van der Waals surface area contributed by atoms with Gasteiger partial charge in [-0.25, -0.2) is 0 Å². The molecule has 0 aliphatic rings. The van der Waals surface area contributed by atoms with Crippen LogP contribution < -0.4 is 16.4 Å². The van der Waals surface area contributed by atoms with Crippen LogP contribution in [0.15, 0.2) is 60.7 Å². The van der Waals surface area contributed by atoms with Gasteiger partial charge in [0.05, 0.1) is 0 Å². The van der Waals surface area contributed by atoms with E-state index in [-0.39, 0.29) is 17.9 Å². The number of amides is 2. The molecule has 2 atom stereocenters. The number of halogens is 1. The summed E-state index contributed by atoms with van der Waals surface area (Å²) in [5, 5.41) is 5.70. The fourth-order valence-corrected chi connectivity index (χ4v) is 3.03. The fraction of sp³-hybridized carbons (Fsp3) is 0.364. The molecule has 6 heteroatoms. The van der Waals surface area contributed by atoms with E-state index in [0.717, 1.165) is 11.1 Å². The molecule has 0 fully saturated rings. The first-order valence-corrected chi connectivity index (χ1v) is 10.1. The van der Waals surface area contributed by atoms with Crippen LogP contribution in [-0.4, -0.2) is 36.3 Å². The first kappa shape index (κ1) is 21.9. The van der Waals surface area contributed by atoms with Crippen molar-refractivity contribution in [2.75, 3.05) is 12.4 Å². The number of carbonyl (C=O) groups is 2.